The molecule has 0 saturated carbocycles. The number of anilines is 1. The van der Waals surface area contributed by atoms with Crippen LogP contribution in [0.5, 0.6) is 0 Å². The molecule has 0 aliphatic carbocycles. The number of carbonyl (C=O) groups excluding carboxylic acids is 2. The molecule has 0 spiro atoms. The molecule has 1 aromatic carbocycles. The third-order valence-corrected chi connectivity index (χ3v) is 2.55. The molecule has 0 aliphatic rings. The van der Waals surface area contributed by atoms with Gasteiger partial charge < -0.3 is 17.2 Å². The van der Waals surface area contributed by atoms with Crippen LogP contribution in [0.1, 0.15) is 6.42 Å². The summed E-state index contributed by atoms with van der Waals surface area (Å²) in [5, 5.41) is 1.11. The van der Waals surface area contributed by atoms with Crippen LogP contribution in [0.15, 0.2) is 12.1 Å². The fourth-order valence-electron chi connectivity index (χ4n) is 0.747. The molecule has 6 N–H and O–H groups in total. The summed E-state index contributed by atoms with van der Waals surface area (Å²) >= 11 is 16.9. The zero-order chi connectivity index (χ0) is 13.6. The monoisotopic (exact) mass is 297 g/mol. The Morgan fingerprint density at radius 2 is 1.35 bits per heavy atom. The molecule has 8 heteroatoms. The van der Waals surface area contributed by atoms with Crippen molar-refractivity contribution in [2.75, 3.05) is 5.73 Å². The minimum atomic E-state index is -0.687. The number of benzene rings is 1. The molecule has 2 amide bonds. The molecule has 0 aromatic heterocycles. The fourth-order valence-corrected chi connectivity index (χ4v) is 1.36. The van der Waals surface area contributed by atoms with E-state index in [2.05, 4.69) is 11.5 Å². The molecule has 0 atom stereocenters. The average Bonchev–Trinajstić information content (AvgIpc) is 2.12. The normalized spacial score (nSPS) is 9.12. The van der Waals surface area contributed by atoms with Gasteiger partial charge in [-0.2, -0.15) is 0 Å². The van der Waals surface area contributed by atoms with E-state index in [9.17, 15) is 9.59 Å². The van der Waals surface area contributed by atoms with Crippen LogP contribution in [0.25, 0.3) is 0 Å². The zero-order valence-electron chi connectivity index (χ0n) is 8.54. The third-order valence-electron chi connectivity index (χ3n) is 1.35. The van der Waals surface area contributed by atoms with Gasteiger partial charge in [-0.3, -0.25) is 9.59 Å². The highest BCUT2D eigenvalue weighted by Crippen LogP contribution is 2.31. The molecule has 0 aliphatic heterocycles. The van der Waals surface area contributed by atoms with Crippen molar-refractivity contribution in [3.05, 3.63) is 27.2 Å². The van der Waals surface area contributed by atoms with E-state index >= 15 is 0 Å². The Bertz CT molecular complexity index is 402. The first-order chi connectivity index (χ1) is 7.73. The van der Waals surface area contributed by atoms with Crippen molar-refractivity contribution in [1.29, 1.82) is 0 Å². The number of primary amides is 2. The van der Waals surface area contributed by atoms with E-state index < -0.39 is 11.8 Å². The van der Waals surface area contributed by atoms with Crippen LogP contribution >= 0.6 is 34.8 Å². The Balaban J connectivity index is 0.000000325. The predicted molar refractivity (Wildman–Crippen MR) is 68.9 cm³/mol. The first kappa shape index (κ1) is 15.8. The second-order valence-electron chi connectivity index (χ2n) is 2.91. The molecule has 0 radical (unpaired) electrons. The largest absolute Gasteiger partial charge is 0.399 e. The maximum atomic E-state index is 9.73. The molecule has 0 unspecified atom stereocenters. The van der Waals surface area contributed by atoms with Gasteiger partial charge >= 0.3 is 0 Å². The van der Waals surface area contributed by atoms with E-state index in [1.165, 1.54) is 0 Å². The van der Waals surface area contributed by atoms with Gasteiger partial charge in [0.1, 0.15) is 6.42 Å². The lowest BCUT2D eigenvalue weighted by atomic mass is 10.3. The molecule has 0 fully saturated rings. The summed E-state index contributed by atoms with van der Waals surface area (Å²) in [5.41, 5.74) is 15.0. The summed E-state index contributed by atoms with van der Waals surface area (Å²) in [6, 6.07) is 3.10. The molecule has 0 bridgehead atoms. The molecule has 5 nitrogen and oxygen atoms in total. The highest BCUT2D eigenvalue weighted by atomic mass is 35.5. The number of carbonyl (C=O) groups is 2. The van der Waals surface area contributed by atoms with Crippen LogP contribution in [0.3, 0.4) is 0 Å². The average molecular weight is 299 g/mol. The summed E-state index contributed by atoms with van der Waals surface area (Å²) in [6.07, 6.45) is -0.361. The Labute approximate surface area is 113 Å². The van der Waals surface area contributed by atoms with Gasteiger partial charge in [-0.25, -0.2) is 0 Å². The molecule has 1 rings (SSSR count). The van der Waals surface area contributed by atoms with Crippen molar-refractivity contribution in [1.82, 2.24) is 0 Å². The number of nitrogen functional groups attached to an aromatic ring is 1. The maximum absolute atomic E-state index is 9.73. The quantitative estimate of drug-likeness (QED) is 0.437. The maximum Gasteiger partial charge on any atom is 0.226 e. The van der Waals surface area contributed by atoms with Gasteiger partial charge in [0, 0.05) is 5.69 Å². The van der Waals surface area contributed by atoms with E-state index in [1.807, 2.05) is 0 Å². The number of hydrogen-bond acceptors (Lipinski definition) is 3. The predicted octanol–water partition coefficient (Wildman–Crippen LogP) is 1.58. The van der Waals surface area contributed by atoms with Gasteiger partial charge in [0.05, 0.1) is 15.1 Å². The molecular formula is C9H10Cl3N3O2. The van der Waals surface area contributed by atoms with Crippen LogP contribution in [0.4, 0.5) is 5.69 Å². The summed E-state index contributed by atoms with van der Waals surface area (Å²) in [6.45, 7) is 0. The number of nitrogens with two attached hydrogens (primary N) is 3. The second kappa shape index (κ2) is 7.21. The van der Waals surface area contributed by atoms with E-state index in [-0.39, 0.29) is 6.42 Å². The van der Waals surface area contributed by atoms with Crippen molar-refractivity contribution < 1.29 is 9.59 Å². The first-order valence-electron chi connectivity index (χ1n) is 4.20. The molecular weight excluding hydrogens is 288 g/mol. The van der Waals surface area contributed by atoms with Crippen molar-refractivity contribution in [3.63, 3.8) is 0 Å². The topological polar surface area (TPSA) is 112 Å². The van der Waals surface area contributed by atoms with Gasteiger partial charge in [-0.1, -0.05) is 34.8 Å². The lowest BCUT2D eigenvalue weighted by Gasteiger charge is -1.99. The summed E-state index contributed by atoms with van der Waals surface area (Å²) in [4.78, 5) is 19.5. The fraction of sp³-hybridized carbons (Fsp3) is 0.111. The SMILES string of the molecule is NC(=O)CC(N)=O.Nc1cc(Cl)c(Cl)c(Cl)c1. The van der Waals surface area contributed by atoms with Crippen LogP contribution in [0, 0.1) is 0 Å². The Kier molecular flexibility index (Phi) is 6.72. The van der Waals surface area contributed by atoms with Crippen LogP contribution in [0.2, 0.25) is 15.1 Å². The van der Waals surface area contributed by atoms with E-state index in [1.54, 1.807) is 12.1 Å². The Morgan fingerprint density at radius 1 is 1.00 bits per heavy atom. The number of halogens is 3. The standard InChI is InChI=1S/C6H4Cl3N.C3H6N2O2/c7-4-1-3(10)2-5(8)6(4)9;4-2(6)1-3(5)7/h1-2H,10H2;1H2,(H2,4,6)(H2,5,7). The molecule has 1 aromatic rings. The number of rotatable bonds is 2. The van der Waals surface area contributed by atoms with Crippen LogP contribution in [-0.4, -0.2) is 11.8 Å². The summed E-state index contributed by atoms with van der Waals surface area (Å²) < 4.78 is 0. The van der Waals surface area contributed by atoms with Crippen LogP contribution in [-0.2, 0) is 9.59 Å². The molecule has 94 valence electrons. The zero-order valence-corrected chi connectivity index (χ0v) is 10.8. The number of amides is 2. The van der Waals surface area contributed by atoms with Crippen molar-refractivity contribution in [2.24, 2.45) is 11.5 Å². The van der Waals surface area contributed by atoms with E-state index in [0.29, 0.717) is 20.8 Å². The van der Waals surface area contributed by atoms with Gasteiger partial charge in [0.15, 0.2) is 0 Å². The summed E-state index contributed by atoms with van der Waals surface area (Å²) in [7, 11) is 0. The highest BCUT2D eigenvalue weighted by molar-refractivity contribution is 6.48. The number of hydrogen-bond donors (Lipinski definition) is 3. The van der Waals surface area contributed by atoms with Crippen molar-refractivity contribution >= 4 is 52.3 Å². The molecule has 0 heterocycles. The van der Waals surface area contributed by atoms with Crippen molar-refractivity contribution in [3.8, 4) is 0 Å². The van der Waals surface area contributed by atoms with Gasteiger partial charge in [-0.15, -0.1) is 0 Å². The van der Waals surface area contributed by atoms with Gasteiger partial charge in [-0.05, 0) is 12.1 Å². The van der Waals surface area contributed by atoms with Gasteiger partial charge in [0.25, 0.3) is 0 Å². The van der Waals surface area contributed by atoms with E-state index in [0.717, 1.165) is 0 Å². The van der Waals surface area contributed by atoms with Gasteiger partial charge in [0.2, 0.25) is 11.8 Å². The third kappa shape index (κ3) is 6.88. The first-order valence-corrected chi connectivity index (χ1v) is 5.34. The minimum Gasteiger partial charge on any atom is -0.399 e. The molecule has 17 heavy (non-hydrogen) atoms. The summed E-state index contributed by atoms with van der Waals surface area (Å²) in [5.74, 6) is -1.37. The minimum absolute atomic E-state index is 0.345. The van der Waals surface area contributed by atoms with Crippen molar-refractivity contribution in [2.45, 2.75) is 6.42 Å². The smallest absolute Gasteiger partial charge is 0.226 e. The second-order valence-corrected chi connectivity index (χ2v) is 4.10. The Morgan fingerprint density at radius 3 is 1.59 bits per heavy atom. The van der Waals surface area contributed by atoms with E-state index in [4.69, 9.17) is 40.5 Å². The highest BCUT2D eigenvalue weighted by Gasteiger charge is 2.02. The lowest BCUT2D eigenvalue weighted by Crippen LogP contribution is -2.21. The molecule has 0 saturated heterocycles. The lowest BCUT2D eigenvalue weighted by molar-refractivity contribution is -0.125. The Hall–Kier alpha value is -1.17. The van der Waals surface area contributed by atoms with Crippen LogP contribution < -0.4 is 17.2 Å².